The van der Waals surface area contributed by atoms with Crippen molar-refractivity contribution in [2.45, 2.75) is 25.2 Å². The summed E-state index contributed by atoms with van der Waals surface area (Å²) in [6.07, 6.45) is 8.02. The monoisotopic (exact) mass is 553 g/mol. The Balaban J connectivity index is 1.32. The van der Waals surface area contributed by atoms with Gasteiger partial charge < -0.3 is 0 Å². The van der Waals surface area contributed by atoms with Crippen LogP contribution in [0.4, 0.5) is 0 Å². The maximum Gasteiger partial charge on any atom is 0.162 e. The summed E-state index contributed by atoms with van der Waals surface area (Å²) in [7, 11) is 0. The fourth-order valence-electron chi connectivity index (χ4n) is 6.64. The number of aromatic nitrogens is 3. The molecule has 5 aromatic carbocycles. The zero-order valence-electron chi connectivity index (χ0n) is 23.9. The van der Waals surface area contributed by atoms with Crippen LogP contribution in [-0.4, -0.2) is 14.5 Å². The average Bonchev–Trinajstić information content (AvgIpc) is 3.43. The van der Waals surface area contributed by atoms with Crippen LogP contribution in [-0.2, 0) is 6.42 Å². The highest BCUT2D eigenvalue weighted by Gasteiger charge is 2.23. The van der Waals surface area contributed by atoms with E-state index in [1.807, 2.05) is 24.3 Å². The number of nitrogens with zero attached hydrogens (tertiary/aromatic N) is 3. The normalized spacial score (nSPS) is 14.3. The molecule has 0 saturated carbocycles. The van der Waals surface area contributed by atoms with E-state index in [4.69, 9.17) is 9.97 Å². The van der Waals surface area contributed by atoms with E-state index in [2.05, 4.69) is 126 Å². The van der Waals surface area contributed by atoms with Gasteiger partial charge in [-0.25, -0.2) is 9.97 Å². The molecule has 1 atom stereocenters. The number of rotatable bonds is 6. The summed E-state index contributed by atoms with van der Waals surface area (Å²) in [6, 6.07) is 47.1. The van der Waals surface area contributed by atoms with E-state index in [1.54, 1.807) is 0 Å². The quantitative estimate of drug-likeness (QED) is 0.205. The Kier molecular flexibility index (Phi) is 6.42. The molecule has 1 aliphatic carbocycles. The average molecular weight is 554 g/mol. The van der Waals surface area contributed by atoms with Crippen LogP contribution < -0.4 is 0 Å². The van der Waals surface area contributed by atoms with Crippen LogP contribution in [0.25, 0.3) is 56.3 Å². The van der Waals surface area contributed by atoms with Crippen molar-refractivity contribution in [3.05, 3.63) is 156 Å². The highest BCUT2D eigenvalue weighted by atomic mass is 15.1. The van der Waals surface area contributed by atoms with E-state index in [1.165, 1.54) is 33.0 Å². The zero-order valence-corrected chi connectivity index (χ0v) is 23.9. The number of benzene rings is 5. The lowest BCUT2D eigenvalue weighted by atomic mass is 9.82. The molecule has 2 heterocycles. The molecule has 3 nitrogen and oxygen atoms in total. The molecule has 43 heavy (non-hydrogen) atoms. The first-order valence-electron chi connectivity index (χ1n) is 15.1. The Bertz CT molecular complexity index is 2030. The first-order valence-corrected chi connectivity index (χ1v) is 15.1. The Morgan fingerprint density at radius 1 is 0.651 bits per heavy atom. The van der Waals surface area contributed by atoms with Crippen molar-refractivity contribution in [1.82, 2.24) is 14.5 Å². The minimum Gasteiger partial charge on any atom is -0.294 e. The van der Waals surface area contributed by atoms with E-state index in [0.717, 1.165) is 53.2 Å². The Hall–Kier alpha value is -5.28. The van der Waals surface area contributed by atoms with Crippen molar-refractivity contribution in [3.63, 3.8) is 0 Å². The molecule has 206 valence electrons. The van der Waals surface area contributed by atoms with Crippen LogP contribution in [0.15, 0.2) is 140 Å². The van der Waals surface area contributed by atoms with Crippen molar-refractivity contribution < 1.29 is 0 Å². The van der Waals surface area contributed by atoms with Gasteiger partial charge in [0.15, 0.2) is 5.82 Å². The standard InChI is InChI=1S/C40H31N3/c1-4-13-28(14-5-1)23-24-29-19-12-21-33-32(29)25-26-37-39(33)34-20-10-11-22-36(34)43(37)38-27-35(30-15-6-2-7-16-30)41-40(42-38)31-17-8-3-9-18-31/h1-18,20-22,25-27,29H,19,23-24H2. The van der Waals surface area contributed by atoms with Gasteiger partial charge in [0.25, 0.3) is 0 Å². The second-order valence-electron chi connectivity index (χ2n) is 11.3. The van der Waals surface area contributed by atoms with E-state index in [-0.39, 0.29) is 0 Å². The van der Waals surface area contributed by atoms with Crippen molar-refractivity contribution >= 4 is 27.9 Å². The van der Waals surface area contributed by atoms with Crippen molar-refractivity contribution in [3.8, 4) is 28.5 Å². The molecule has 0 fully saturated rings. The van der Waals surface area contributed by atoms with E-state index < -0.39 is 0 Å². The van der Waals surface area contributed by atoms with E-state index >= 15 is 0 Å². The highest BCUT2D eigenvalue weighted by molar-refractivity contribution is 6.13. The van der Waals surface area contributed by atoms with Crippen LogP contribution in [0.2, 0.25) is 0 Å². The van der Waals surface area contributed by atoms with E-state index in [0.29, 0.717) is 5.92 Å². The first kappa shape index (κ1) is 25.4. The van der Waals surface area contributed by atoms with Crippen molar-refractivity contribution in [2.24, 2.45) is 0 Å². The summed E-state index contributed by atoms with van der Waals surface area (Å²) in [5.41, 5.74) is 9.52. The SMILES string of the molecule is C1=Cc2c(ccc3c2c2ccccc2n3-c2cc(-c3ccccc3)nc(-c3ccccc3)n2)C(CCc2ccccc2)C1. The third-order valence-corrected chi connectivity index (χ3v) is 8.72. The molecule has 0 N–H and O–H groups in total. The van der Waals surface area contributed by atoms with Gasteiger partial charge in [0, 0.05) is 28.0 Å². The van der Waals surface area contributed by atoms with Gasteiger partial charge in [-0.3, -0.25) is 4.57 Å². The molecule has 8 rings (SSSR count). The van der Waals surface area contributed by atoms with Crippen LogP contribution in [0.1, 0.15) is 35.4 Å². The third-order valence-electron chi connectivity index (χ3n) is 8.72. The lowest BCUT2D eigenvalue weighted by Crippen LogP contribution is -2.06. The maximum atomic E-state index is 5.20. The van der Waals surface area contributed by atoms with Crippen LogP contribution in [0.3, 0.4) is 0 Å². The molecule has 0 spiro atoms. The van der Waals surface area contributed by atoms with Gasteiger partial charge in [0.05, 0.1) is 16.7 Å². The molecular formula is C40H31N3. The van der Waals surface area contributed by atoms with Gasteiger partial charge in [0.1, 0.15) is 5.82 Å². The molecule has 1 aliphatic rings. The lowest BCUT2D eigenvalue weighted by Gasteiger charge is -2.23. The summed E-state index contributed by atoms with van der Waals surface area (Å²) >= 11 is 0. The minimum atomic E-state index is 0.500. The Labute approximate surface area is 251 Å². The van der Waals surface area contributed by atoms with Gasteiger partial charge in [-0.15, -0.1) is 0 Å². The minimum absolute atomic E-state index is 0.500. The molecule has 2 aromatic heterocycles. The maximum absolute atomic E-state index is 5.20. The second-order valence-corrected chi connectivity index (χ2v) is 11.3. The van der Waals surface area contributed by atoms with Crippen LogP contribution in [0, 0.1) is 0 Å². The van der Waals surface area contributed by atoms with Crippen molar-refractivity contribution in [2.75, 3.05) is 0 Å². The molecule has 3 heteroatoms. The fourth-order valence-corrected chi connectivity index (χ4v) is 6.64. The predicted octanol–water partition coefficient (Wildman–Crippen LogP) is 10.0. The van der Waals surface area contributed by atoms with Gasteiger partial charge in [-0.1, -0.05) is 127 Å². The molecule has 0 radical (unpaired) electrons. The summed E-state index contributed by atoms with van der Waals surface area (Å²) in [6.45, 7) is 0. The molecule has 0 saturated heterocycles. The smallest absolute Gasteiger partial charge is 0.162 e. The third kappa shape index (κ3) is 4.64. The van der Waals surface area contributed by atoms with E-state index in [9.17, 15) is 0 Å². The summed E-state index contributed by atoms with van der Waals surface area (Å²) in [5, 5.41) is 2.55. The predicted molar refractivity (Wildman–Crippen MR) is 178 cm³/mol. The fraction of sp³-hybridized carbons (Fsp3) is 0.100. The summed E-state index contributed by atoms with van der Waals surface area (Å²) in [4.78, 5) is 10.2. The number of hydrogen-bond donors (Lipinski definition) is 0. The number of fused-ring (bicyclic) bond motifs is 5. The number of aryl methyl sites for hydroxylation is 1. The highest BCUT2D eigenvalue weighted by Crippen LogP contribution is 2.42. The Morgan fingerprint density at radius 3 is 2.14 bits per heavy atom. The van der Waals surface area contributed by atoms with Crippen LogP contribution in [0.5, 0.6) is 0 Å². The molecule has 1 unspecified atom stereocenters. The number of hydrogen-bond acceptors (Lipinski definition) is 2. The van der Waals surface area contributed by atoms with Gasteiger partial charge in [-0.2, -0.15) is 0 Å². The number of allylic oxidation sites excluding steroid dienone is 1. The first-order chi connectivity index (χ1) is 21.3. The summed E-state index contributed by atoms with van der Waals surface area (Å²) < 4.78 is 2.33. The Morgan fingerprint density at radius 2 is 1.35 bits per heavy atom. The molecule has 0 aliphatic heterocycles. The molecule has 7 aromatic rings. The van der Waals surface area contributed by atoms with Crippen LogP contribution >= 0.6 is 0 Å². The van der Waals surface area contributed by atoms with Gasteiger partial charge >= 0.3 is 0 Å². The number of para-hydroxylation sites is 1. The topological polar surface area (TPSA) is 30.7 Å². The van der Waals surface area contributed by atoms with Gasteiger partial charge in [0.2, 0.25) is 0 Å². The molecule has 0 amide bonds. The van der Waals surface area contributed by atoms with Gasteiger partial charge in [-0.05, 0) is 54.0 Å². The molecular weight excluding hydrogens is 522 g/mol. The van der Waals surface area contributed by atoms with Crippen molar-refractivity contribution in [1.29, 1.82) is 0 Å². The second kappa shape index (κ2) is 10.8. The lowest BCUT2D eigenvalue weighted by molar-refractivity contribution is 0.628. The molecule has 0 bridgehead atoms. The largest absolute Gasteiger partial charge is 0.294 e. The zero-order chi connectivity index (χ0) is 28.6. The summed E-state index contributed by atoms with van der Waals surface area (Å²) in [5.74, 6) is 2.10.